The molecular formula is C22H31N5O3. The van der Waals surface area contributed by atoms with Crippen molar-refractivity contribution in [3.05, 3.63) is 29.6 Å². The van der Waals surface area contributed by atoms with Crippen molar-refractivity contribution >= 4 is 29.2 Å². The van der Waals surface area contributed by atoms with Gasteiger partial charge in [-0.2, -0.15) is 0 Å². The van der Waals surface area contributed by atoms with Crippen molar-refractivity contribution in [2.45, 2.75) is 47.0 Å². The number of hydrogen-bond acceptors (Lipinski definition) is 4. The van der Waals surface area contributed by atoms with Crippen LogP contribution in [-0.4, -0.2) is 69.6 Å². The normalized spacial score (nSPS) is 14.3. The summed E-state index contributed by atoms with van der Waals surface area (Å²) in [6.07, 6.45) is 4.37. The van der Waals surface area contributed by atoms with Crippen LogP contribution >= 0.6 is 0 Å². The number of imidazole rings is 1. The van der Waals surface area contributed by atoms with E-state index in [1.165, 1.54) is 0 Å². The first-order valence-corrected chi connectivity index (χ1v) is 10.7. The first-order chi connectivity index (χ1) is 14.4. The van der Waals surface area contributed by atoms with Gasteiger partial charge in [0.2, 0.25) is 11.8 Å². The summed E-state index contributed by atoms with van der Waals surface area (Å²) in [4.78, 5) is 47.0. The molecule has 8 heteroatoms. The molecular weight excluding hydrogens is 382 g/mol. The van der Waals surface area contributed by atoms with Crippen LogP contribution in [0.4, 0.5) is 5.82 Å². The molecule has 1 aliphatic heterocycles. The molecule has 0 aromatic carbocycles. The average Bonchev–Trinajstić information content (AvgIpc) is 3.11. The molecule has 0 radical (unpaired) electrons. The third-order valence-electron chi connectivity index (χ3n) is 5.63. The van der Waals surface area contributed by atoms with Gasteiger partial charge in [0.25, 0.3) is 5.91 Å². The summed E-state index contributed by atoms with van der Waals surface area (Å²) < 4.78 is 1.87. The predicted molar refractivity (Wildman–Crippen MR) is 116 cm³/mol. The van der Waals surface area contributed by atoms with Crippen molar-refractivity contribution in [1.82, 2.24) is 19.2 Å². The van der Waals surface area contributed by atoms with Gasteiger partial charge in [-0.3, -0.25) is 23.7 Å². The number of carbonyl (C=O) groups excluding carboxylic acids is 3. The Kier molecular flexibility index (Phi) is 6.74. The molecule has 0 bridgehead atoms. The molecule has 162 valence electrons. The van der Waals surface area contributed by atoms with E-state index in [2.05, 4.69) is 11.9 Å². The van der Waals surface area contributed by atoms with Gasteiger partial charge >= 0.3 is 0 Å². The van der Waals surface area contributed by atoms with E-state index in [4.69, 9.17) is 0 Å². The zero-order chi connectivity index (χ0) is 21.8. The van der Waals surface area contributed by atoms with E-state index in [-0.39, 0.29) is 17.7 Å². The summed E-state index contributed by atoms with van der Waals surface area (Å²) in [5.74, 6) is 0.692. The fraction of sp³-hybridized carbons (Fsp3) is 0.545. The number of unbranched alkanes of at least 4 members (excludes halogenated alkanes) is 1. The average molecular weight is 414 g/mol. The molecule has 1 saturated heterocycles. The van der Waals surface area contributed by atoms with Crippen molar-refractivity contribution in [3.8, 4) is 0 Å². The van der Waals surface area contributed by atoms with Crippen LogP contribution in [0.1, 0.15) is 56.6 Å². The SMILES string of the molecule is CCCCN(C(C)=O)c1c(CC)nc2ccc(C(=O)N3CCN(C(C)=O)CC3)cn12. The van der Waals surface area contributed by atoms with E-state index in [1.807, 2.05) is 17.4 Å². The summed E-state index contributed by atoms with van der Waals surface area (Å²) in [7, 11) is 0. The number of rotatable bonds is 6. The second-order valence-electron chi connectivity index (χ2n) is 7.70. The Morgan fingerprint density at radius 3 is 2.27 bits per heavy atom. The van der Waals surface area contributed by atoms with Crippen LogP contribution in [0.5, 0.6) is 0 Å². The van der Waals surface area contributed by atoms with Crippen LogP contribution < -0.4 is 4.90 Å². The molecule has 0 unspecified atom stereocenters. The lowest BCUT2D eigenvalue weighted by atomic mass is 10.2. The smallest absolute Gasteiger partial charge is 0.255 e. The molecule has 0 saturated carbocycles. The van der Waals surface area contributed by atoms with Crippen LogP contribution in [0.2, 0.25) is 0 Å². The quantitative estimate of drug-likeness (QED) is 0.728. The van der Waals surface area contributed by atoms with Gasteiger partial charge in [0.05, 0.1) is 11.3 Å². The van der Waals surface area contributed by atoms with Crippen LogP contribution in [-0.2, 0) is 16.0 Å². The Labute approximate surface area is 177 Å². The number of nitrogens with zero attached hydrogens (tertiary/aromatic N) is 5. The summed E-state index contributed by atoms with van der Waals surface area (Å²) in [6, 6.07) is 3.62. The maximum absolute atomic E-state index is 13.1. The third kappa shape index (κ3) is 4.32. The summed E-state index contributed by atoms with van der Waals surface area (Å²) in [6.45, 7) is 9.99. The molecule has 3 rings (SSSR count). The van der Waals surface area contributed by atoms with Crippen molar-refractivity contribution in [2.24, 2.45) is 0 Å². The molecule has 8 nitrogen and oxygen atoms in total. The molecule has 1 fully saturated rings. The highest BCUT2D eigenvalue weighted by molar-refractivity contribution is 5.95. The lowest BCUT2D eigenvalue weighted by molar-refractivity contribution is -0.130. The minimum atomic E-state index is -0.0688. The zero-order valence-corrected chi connectivity index (χ0v) is 18.3. The van der Waals surface area contributed by atoms with E-state index >= 15 is 0 Å². The fourth-order valence-corrected chi connectivity index (χ4v) is 3.87. The second kappa shape index (κ2) is 9.28. The molecule has 30 heavy (non-hydrogen) atoms. The van der Waals surface area contributed by atoms with Crippen molar-refractivity contribution in [2.75, 3.05) is 37.6 Å². The van der Waals surface area contributed by atoms with Crippen molar-refractivity contribution < 1.29 is 14.4 Å². The predicted octanol–water partition coefficient (Wildman–Crippen LogP) is 2.35. The molecule has 0 N–H and O–H groups in total. The van der Waals surface area contributed by atoms with E-state index in [0.29, 0.717) is 44.7 Å². The molecule has 3 amide bonds. The number of piperazine rings is 1. The van der Waals surface area contributed by atoms with Crippen LogP contribution in [0, 0.1) is 0 Å². The lowest BCUT2D eigenvalue weighted by Crippen LogP contribution is -2.50. The molecule has 1 aliphatic rings. The van der Waals surface area contributed by atoms with Gasteiger partial charge in [-0.25, -0.2) is 4.98 Å². The minimum absolute atomic E-state index is 0.0305. The summed E-state index contributed by atoms with van der Waals surface area (Å²) in [5, 5.41) is 0. The largest absolute Gasteiger partial charge is 0.339 e. The van der Waals surface area contributed by atoms with Crippen LogP contribution in [0.25, 0.3) is 5.65 Å². The minimum Gasteiger partial charge on any atom is -0.339 e. The number of amides is 3. The second-order valence-corrected chi connectivity index (χ2v) is 7.70. The molecule has 0 spiro atoms. The molecule has 0 aliphatic carbocycles. The molecule has 3 heterocycles. The van der Waals surface area contributed by atoms with E-state index < -0.39 is 0 Å². The van der Waals surface area contributed by atoms with Gasteiger partial charge in [0.1, 0.15) is 11.5 Å². The van der Waals surface area contributed by atoms with E-state index in [9.17, 15) is 14.4 Å². The van der Waals surface area contributed by atoms with Crippen LogP contribution in [0.15, 0.2) is 18.3 Å². The van der Waals surface area contributed by atoms with Crippen LogP contribution in [0.3, 0.4) is 0 Å². The van der Waals surface area contributed by atoms with E-state index in [0.717, 1.165) is 30.0 Å². The Morgan fingerprint density at radius 2 is 1.70 bits per heavy atom. The van der Waals surface area contributed by atoms with Gasteiger partial charge in [-0.05, 0) is 25.0 Å². The summed E-state index contributed by atoms with van der Waals surface area (Å²) >= 11 is 0. The maximum atomic E-state index is 13.1. The fourth-order valence-electron chi connectivity index (χ4n) is 3.87. The lowest BCUT2D eigenvalue weighted by Gasteiger charge is -2.34. The number of fused-ring (bicyclic) bond motifs is 1. The Bertz CT molecular complexity index is 944. The standard InChI is InChI=1S/C22H31N5O3/c1-5-7-10-26(17(4)29)21-19(6-2)23-20-9-8-18(15-27(20)21)22(30)25-13-11-24(12-14-25)16(3)28/h8-9,15H,5-7,10-14H2,1-4H3. The van der Waals surface area contributed by atoms with Gasteiger partial charge in [0, 0.05) is 52.8 Å². The van der Waals surface area contributed by atoms with Gasteiger partial charge in [-0.1, -0.05) is 20.3 Å². The van der Waals surface area contributed by atoms with Gasteiger partial charge in [0.15, 0.2) is 0 Å². The summed E-state index contributed by atoms with van der Waals surface area (Å²) in [5.41, 5.74) is 2.13. The van der Waals surface area contributed by atoms with E-state index in [1.54, 1.807) is 40.8 Å². The Balaban J connectivity index is 1.94. The third-order valence-corrected chi connectivity index (χ3v) is 5.63. The Hall–Kier alpha value is -2.90. The highest BCUT2D eigenvalue weighted by Crippen LogP contribution is 2.25. The number of carbonyl (C=O) groups is 3. The van der Waals surface area contributed by atoms with Gasteiger partial charge in [-0.15, -0.1) is 0 Å². The number of aromatic nitrogens is 2. The first kappa shape index (κ1) is 21.8. The molecule has 2 aromatic rings. The first-order valence-electron chi connectivity index (χ1n) is 10.7. The molecule has 2 aromatic heterocycles. The number of hydrogen-bond donors (Lipinski definition) is 0. The van der Waals surface area contributed by atoms with Crippen molar-refractivity contribution in [3.63, 3.8) is 0 Å². The number of pyridine rings is 1. The monoisotopic (exact) mass is 413 g/mol. The number of anilines is 1. The Morgan fingerprint density at radius 1 is 1.03 bits per heavy atom. The topological polar surface area (TPSA) is 78.2 Å². The highest BCUT2D eigenvalue weighted by Gasteiger charge is 2.25. The number of aryl methyl sites for hydroxylation is 1. The highest BCUT2D eigenvalue weighted by atomic mass is 16.2. The molecule has 0 atom stereocenters. The van der Waals surface area contributed by atoms with Gasteiger partial charge < -0.3 is 9.80 Å². The van der Waals surface area contributed by atoms with Crippen molar-refractivity contribution in [1.29, 1.82) is 0 Å². The maximum Gasteiger partial charge on any atom is 0.255 e. The zero-order valence-electron chi connectivity index (χ0n) is 18.3.